The maximum absolute atomic E-state index is 14.4. The minimum Gasteiger partial charge on any atom is -0.381 e. The van der Waals surface area contributed by atoms with Crippen LogP contribution in [0.4, 0.5) is 0 Å². The Kier molecular flexibility index (Phi) is 8.47. The van der Waals surface area contributed by atoms with E-state index in [1.165, 1.54) is 19.3 Å². The van der Waals surface area contributed by atoms with Gasteiger partial charge in [0.05, 0.1) is 5.69 Å². The molecule has 0 bridgehead atoms. The van der Waals surface area contributed by atoms with Gasteiger partial charge in [0, 0.05) is 36.8 Å². The molecule has 5 aromatic rings. The Bertz CT molecular complexity index is 1870. The number of nitrogens with zero attached hydrogens (tertiary/aromatic N) is 5. The van der Waals surface area contributed by atoms with Gasteiger partial charge in [-0.25, -0.2) is 9.31 Å². The molecular weight excluding hydrogens is 568 g/mol. The maximum Gasteiger partial charge on any atom is 0.439 e. The van der Waals surface area contributed by atoms with E-state index in [-0.39, 0.29) is 11.6 Å². The standard InChI is InChI=1S/C35H40N6O4/c1-2-5-31-30(21-24-8-12-26(13-9-24)28-6-3-4-7-29(28)32-38-35(43)45-39-32)33(42)40(34-36-22-37-41(31)34)27-14-10-23(11-15-27)20-25-16-18-44-19-17-25/h3-4,6-9,12-13,22-23,25,27H,2,5,10-11,14-21H2,1H3,(H,38,39,43). The summed E-state index contributed by atoms with van der Waals surface area (Å²) in [6, 6.07) is 16.1. The number of nitrogens with one attached hydrogen (secondary N) is 1. The fraction of sp³-hybridized carbons (Fsp3) is 0.457. The zero-order chi connectivity index (χ0) is 30.8. The third kappa shape index (κ3) is 6.03. The van der Waals surface area contributed by atoms with E-state index in [9.17, 15) is 9.59 Å². The van der Waals surface area contributed by atoms with Crippen molar-refractivity contribution in [3.05, 3.63) is 92.6 Å². The van der Waals surface area contributed by atoms with Crippen LogP contribution in [0.1, 0.15) is 81.2 Å². The van der Waals surface area contributed by atoms with Gasteiger partial charge >= 0.3 is 5.76 Å². The van der Waals surface area contributed by atoms with Gasteiger partial charge in [-0.3, -0.25) is 18.9 Å². The van der Waals surface area contributed by atoms with Gasteiger partial charge in [-0.15, -0.1) is 0 Å². The molecule has 10 heteroatoms. The molecule has 1 saturated carbocycles. The molecule has 0 spiro atoms. The molecule has 0 unspecified atom stereocenters. The molecule has 0 atom stereocenters. The third-order valence-corrected chi connectivity index (χ3v) is 9.77. The summed E-state index contributed by atoms with van der Waals surface area (Å²) in [5.74, 6) is 1.97. The second-order valence-electron chi connectivity index (χ2n) is 12.7. The van der Waals surface area contributed by atoms with E-state index in [4.69, 9.17) is 9.26 Å². The van der Waals surface area contributed by atoms with Crippen LogP contribution in [0.25, 0.3) is 28.3 Å². The average molecular weight is 609 g/mol. The van der Waals surface area contributed by atoms with E-state index in [0.717, 1.165) is 97.1 Å². The zero-order valence-corrected chi connectivity index (χ0v) is 25.8. The maximum atomic E-state index is 14.4. The van der Waals surface area contributed by atoms with Gasteiger partial charge in [0.15, 0.2) is 5.82 Å². The summed E-state index contributed by atoms with van der Waals surface area (Å²) in [5, 5.41) is 8.50. The smallest absolute Gasteiger partial charge is 0.381 e. The van der Waals surface area contributed by atoms with Crippen molar-refractivity contribution in [2.24, 2.45) is 11.8 Å². The van der Waals surface area contributed by atoms with E-state index in [1.54, 1.807) is 6.33 Å². The fourth-order valence-electron chi connectivity index (χ4n) is 7.46. The first-order chi connectivity index (χ1) is 22.1. The molecule has 1 N–H and O–H groups in total. The molecular formula is C35H40N6O4. The van der Waals surface area contributed by atoms with Crippen LogP contribution in [0.3, 0.4) is 0 Å². The Morgan fingerprint density at radius 1 is 0.911 bits per heavy atom. The summed E-state index contributed by atoms with van der Waals surface area (Å²) in [7, 11) is 0. The molecule has 0 radical (unpaired) electrons. The summed E-state index contributed by atoms with van der Waals surface area (Å²) in [4.78, 5) is 33.2. The summed E-state index contributed by atoms with van der Waals surface area (Å²) in [5.41, 5.74) is 5.55. The van der Waals surface area contributed by atoms with Crippen molar-refractivity contribution >= 4 is 5.78 Å². The molecule has 1 aliphatic heterocycles. The quantitative estimate of drug-likeness (QED) is 0.218. The number of hydrogen-bond acceptors (Lipinski definition) is 7. The summed E-state index contributed by atoms with van der Waals surface area (Å²) >= 11 is 0. The number of hydrogen-bond donors (Lipinski definition) is 1. The third-order valence-electron chi connectivity index (χ3n) is 9.77. The van der Waals surface area contributed by atoms with Crippen LogP contribution in [-0.2, 0) is 17.6 Å². The van der Waals surface area contributed by atoms with Crippen molar-refractivity contribution in [1.29, 1.82) is 0 Å². The molecule has 45 heavy (non-hydrogen) atoms. The molecule has 3 aromatic heterocycles. The predicted octanol–water partition coefficient (Wildman–Crippen LogP) is 5.99. The van der Waals surface area contributed by atoms with Crippen LogP contribution in [-0.4, -0.2) is 42.5 Å². The van der Waals surface area contributed by atoms with E-state index < -0.39 is 5.76 Å². The molecule has 2 aliphatic rings. The lowest BCUT2D eigenvalue weighted by Crippen LogP contribution is -2.34. The Morgan fingerprint density at radius 3 is 2.36 bits per heavy atom. The average Bonchev–Trinajstić information content (AvgIpc) is 3.74. The van der Waals surface area contributed by atoms with Gasteiger partial charge in [-0.1, -0.05) is 67.0 Å². The highest BCUT2D eigenvalue weighted by atomic mass is 16.5. The van der Waals surface area contributed by atoms with Gasteiger partial charge in [-0.05, 0) is 79.9 Å². The van der Waals surface area contributed by atoms with Crippen molar-refractivity contribution < 1.29 is 9.26 Å². The Balaban J connectivity index is 1.17. The molecule has 10 nitrogen and oxygen atoms in total. The number of benzene rings is 2. The first kappa shape index (κ1) is 29.4. The van der Waals surface area contributed by atoms with Crippen LogP contribution in [0.15, 0.2) is 69.0 Å². The van der Waals surface area contributed by atoms with Crippen molar-refractivity contribution in [2.45, 2.75) is 77.2 Å². The molecule has 7 rings (SSSR count). The monoisotopic (exact) mass is 608 g/mol. The van der Waals surface area contributed by atoms with E-state index in [1.807, 2.05) is 33.3 Å². The minimum atomic E-state index is -0.587. The van der Waals surface area contributed by atoms with Gasteiger partial charge in [0.1, 0.15) is 6.33 Å². The van der Waals surface area contributed by atoms with E-state index in [0.29, 0.717) is 18.0 Å². The van der Waals surface area contributed by atoms with Gasteiger partial charge < -0.3 is 4.74 Å². The van der Waals surface area contributed by atoms with Crippen LogP contribution >= 0.6 is 0 Å². The lowest BCUT2D eigenvalue weighted by atomic mass is 9.79. The molecule has 2 fully saturated rings. The second kappa shape index (κ2) is 13.0. The first-order valence-electron chi connectivity index (χ1n) is 16.4. The van der Waals surface area contributed by atoms with Gasteiger partial charge in [-0.2, -0.15) is 10.1 Å². The molecule has 0 amide bonds. The SMILES string of the molecule is CCCc1c(Cc2ccc(-c3ccccc3-c3noc(=O)[nH]3)cc2)c(=O)n(C2CCC(CC3CCOCC3)CC2)c2ncnn12. The number of rotatable bonds is 9. The normalized spacial score (nSPS) is 19.3. The molecule has 1 saturated heterocycles. The number of H-pyrrole nitrogens is 1. The minimum absolute atomic E-state index is 0.0660. The van der Waals surface area contributed by atoms with Crippen molar-refractivity contribution in [3.8, 4) is 22.5 Å². The second-order valence-corrected chi connectivity index (χ2v) is 12.7. The topological polar surface area (TPSA) is 120 Å². The number of ether oxygens (including phenoxy) is 1. The van der Waals surface area contributed by atoms with E-state index >= 15 is 0 Å². The Labute approximate surface area is 261 Å². The van der Waals surface area contributed by atoms with Crippen molar-refractivity contribution in [1.82, 2.24) is 29.3 Å². The summed E-state index contributed by atoms with van der Waals surface area (Å²) < 4.78 is 14.2. The number of fused-ring (bicyclic) bond motifs is 1. The van der Waals surface area contributed by atoms with Crippen LogP contribution < -0.4 is 11.3 Å². The van der Waals surface area contributed by atoms with Crippen LogP contribution in [0.2, 0.25) is 0 Å². The van der Waals surface area contributed by atoms with Crippen LogP contribution in [0, 0.1) is 11.8 Å². The highest BCUT2D eigenvalue weighted by Crippen LogP contribution is 2.37. The fourth-order valence-corrected chi connectivity index (χ4v) is 7.46. The highest BCUT2D eigenvalue weighted by molar-refractivity contribution is 5.80. The molecule has 234 valence electrons. The van der Waals surface area contributed by atoms with Gasteiger partial charge in [0.25, 0.3) is 5.56 Å². The molecule has 4 heterocycles. The number of aryl methyl sites for hydroxylation is 1. The Morgan fingerprint density at radius 2 is 1.64 bits per heavy atom. The highest BCUT2D eigenvalue weighted by Gasteiger charge is 2.29. The largest absolute Gasteiger partial charge is 0.439 e. The predicted molar refractivity (Wildman–Crippen MR) is 171 cm³/mol. The summed E-state index contributed by atoms with van der Waals surface area (Å²) in [6.45, 7) is 3.92. The number of aromatic amines is 1. The first-order valence-corrected chi connectivity index (χ1v) is 16.4. The van der Waals surface area contributed by atoms with Gasteiger partial charge in [0.2, 0.25) is 5.78 Å². The zero-order valence-electron chi connectivity index (χ0n) is 25.8. The Hall–Kier alpha value is -4.31. The summed E-state index contributed by atoms with van der Waals surface area (Å²) in [6.07, 6.45) is 11.7. The van der Waals surface area contributed by atoms with E-state index in [2.05, 4.69) is 51.4 Å². The van der Waals surface area contributed by atoms with Crippen molar-refractivity contribution in [3.63, 3.8) is 0 Å². The molecule has 2 aromatic carbocycles. The lowest BCUT2D eigenvalue weighted by molar-refractivity contribution is 0.0551. The molecule has 1 aliphatic carbocycles. The van der Waals surface area contributed by atoms with Crippen LogP contribution in [0.5, 0.6) is 0 Å². The lowest BCUT2D eigenvalue weighted by Gasteiger charge is -2.33. The van der Waals surface area contributed by atoms with Crippen molar-refractivity contribution in [2.75, 3.05) is 13.2 Å². The number of aromatic nitrogens is 6.